The van der Waals surface area contributed by atoms with E-state index in [0.717, 1.165) is 36.6 Å². The Hall–Kier alpha value is -2.86. The van der Waals surface area contributed by atoms with Gasteiger partial charge in [0.05, 0.1) is 24.6 Å². The minimum atomic E-state index is -0.935. The Morgan fingerprint density at radius 3 is 2.34 bits per heavy atom. The second-order valence-electron chi connectivity index (χ2n) is 7.99. The predicted molar refractivity (Wildman–Crippen MR) is 112 cm³/mol. The Bertz CT molecular complexity index is 948. The van der Waals surface area contributed by atoms with E-state index < -0.39 is 5.41 Å². The van der Waals surface area contributed by atoms with Gasteiger partial charge in [-0.25, -0.2) is 0 Å². The molecule has 3 aliphatic rings. The Kier molecular flexibility index (Phi) is 4.51. The third kappa shape index (κ3) is 3.17. The second-order valence-corrected chi connectivity index (χ2v) is 7.99. The van der Waals surface area contributed by atoms with Crippen molar-refractivity contribution in [2.75, 3.05) is 48.0 Å². The lowest BCUT2D eigenvalue weighted by Crippen LogP contribution is -2.42. The fourth-order valence-electron chi connectivity index (χ4n) is 4.37. The van der Waals surface area contributed by atoms with Crippen LogP contribution in [0.15, 0.2) is 48.5 Å². The summed E-state index contributed by atoms with van der Waals surface area (Å²) in [5.41, 5.74) is 2.94. The SMILES string of the molecule is O=C(Nc1ccccc1N1CCOCC1)C1(C(=O)N2CCc3ccccc32)CC1. The molecule has 2 aromatic carbocycles. The van der Waals surface area contributed by atoms with Crippen LogP contribution >= 0.6 is 0 Å². The molecule has 2 aliphatic heterocycles. The summed E-state index contributed by atoms with van der Waals surface area (Å²) in [7, 11) is 0. The van der Waals surface area contributed by atoms with Gasteiger partial charge in [-0.15, -0.1) is 0 Å². The molecule has 6 heteroatoms. The number of hydrogen-bond donors (Lipinski definition) is 1. The molecule has 1 saturated carbocycles. The molecule has 2 fully saturated rings. The molecule has 5 rings (SSSR count). The van der Waals surface area contributed by atoms with Crippen LogP contribution in [-0.4, -0.2) is 44.7 Å². The van der Waals surface area contributed by atoms with E-state index in [1.54, 1.807) is 4.90 Å². The minimum Gasteiger partial charge on any atom is -0.378 e. The first-order valence-corrected chi connectivity index (χ1v) is 10.3. The quantitative estimate of drug-likeness (QED) is 0.815. The van der Waals surface area contributed by atoms with Gasteiger partial charge >= 0.3 is 0 Å². The number of ether oxygens (including phenoxy) is 1. The van der Waals surface area contributed by atoms with Crippen LogP contribution in [-0.2, 0) is 20.7 Å². The minimum absolute atomic E-state index is 0.0659. The zero-order valence-corrected chi connectivity index (χ0v) is 16.4. The summed E-state index contributed by atoms with van der Waals surface area (Å²) >= 11 is 0. The Labute approximate surface area is 170 Å². The molecular formula is C23H25N3O3. The van der Waals surface area contributed by atoms with Crippen molar-refractivity contribution in [1.82, 2.24) is 0 Å². The molecule has 1 aliphatic carbocycles. The number of fused-ring (bicyclic) bond motifs is 1. The summed E-state index contributed by atoms with van der Waals surface area (Å²) in [6, 6.07) is 15.8. The Morgan fingerprint density at radius 2 is 1.59 bits per heavy atom. The highest BCUT2D eigenvalue weighted by Crippen LogP contribution is 2.50. The van der Waals surface area contributed by atoms with Gasteiger partial charge in [-0.05, 0) is 43.0 Å². The number of nitrogens with zero attached hydrogens (tertiary/aromatic N) is 2. The van der Waals surface area contributed by atoms with Crippen LogP contribution in [0.5, 0.6) is 0 Å². The lowest BCUT2D eigenvalue weighted by molar-refractivity contribution is -0.132. The van der Waals surface area contributed by atoms with Gasteiger partial charge in [0.15, 0.2) is 0 Å². The third-order valence-electron chi connectivity index (χ3n) is 6.23. The van der Waals surface area contributed by atoms with E-state index in [2.05, 4.69) is 16.3 Å². The van der Waals surface area contributed by atoms with E-state index in [1.807, 2.05) is 42.5 Å². The summed E-state index contributed by atoms with van der Waals surface area (Å²) in [6.45, 7) is 3.60. The maximum atomic E-state index is 13.3. The molecule has 2 aromatic rings. The van der Waals surface area contributed by atoms with Crippen LogP contribution in [0.3, 0.4) is 0 Å². The number of nitrogens with one attached hydrogen (secondary N) is 1. The third-order valence-corrected chi connectivity index (χ3v) is 6.23. The summed E-state index contributed by atoms with van der Waals surface area (Å²) in [5, 5.41) is 3.07. The summed E-state index contributed by atoms with van der Waals surface area (Å²) in [4.78, 5) is 30.6. The normalized spacial score (nSPS) is 19.6. The highest BCUT2D eigenvalue weighted by Gasteiger charge is 2.58. The molecule has 0 atom stereocenters. The number of anilines is 3. The Balaban J connectivity index is 1.36. The van der Waals surface area contributed by atoms with Crippen LogP contribution in [0, 0.1) is 5.41 Å². The van der Waals surface area contributed by atoms with Gasteiger partial charge in [-0.3, -0.25) is 9.59 Å². The molecule has 29 heavy (non-hydrogen) atoms. The van der Waals surface area contributed by atoms with Crippen molar-refractivity contribution >= 4 is 28.9 Å². The number of para-hydroxylation sites is 3. The van der Waals surface area contributed by atoms with Gasteiger partial charge in [0.2, 0.25) is 11.8 Å². The van der Waals surface area contributed by atoms with Crippen LogP contribution in [0.1, 0.15) is 18.4 Å². The molecule has 150 valence electrons. The Morgan fingerprint density at radius 1 is 0.897 bits per heavy atom. The van der Waals surface area contributed by atoms with Crippen LogP contribution < -0.4 is 15.1 Å². The van der Waals surface area contributed by atoms with Gasteiger partial charge in [0.1, 0.15) is 5.41 Å². The molecular weight excluding hydrogens is 366 g/mol. The number of benzene rings is 2. The molecule has 0 radical (unpaired) electrons. The average molecular weight is 391 g/mol. The maximum absolute atomic E-state index is 13.3. The monoisotopic (exact) mass is 391 g/mol. The van der Waals surface area contributed by atoms with Crippen LogP contribution in [0.25, 0.3) is 0 Å². The standard InChI is InChI=1S/C23H25N3O3/c27-21(24-18-6-2-4-8-20(18)25-13-15-29-16-14-25)23(10-11-23)22(28)26-12-9-17-5-1-3-7-19(17)26/h1-8H,9-16H2,(H,24,27). The highest BCUT2D eigenvalue weighted by atomic mass is 16.5. The molecule has 2 heterocycles. The lowest BCUT2D eigenvalue weighted by atomic mass is 10.0. The van der Waals surface area contributed by atoms with Crippen molar-refractivity contribution in [2.24, 2.45) is 5.41 Å². The summed E-state index contributed by atoms with van der Waals surface area (Å²) in [6.07, 6.45) is 2.06. The van der Waals surface area contributed by atoms with E-state index >= 15 is 0 Å². The molecule has 1 saturated heterocycles. The first-order chi connectivity index (χ1) is 14.2. The van der Waals surface area contributed by atoms with Gasteiger partial charge in [-0.2, -0.15) is 0 Å². The zero-order chi connectivity index (χ0) is 19.8. The molecule has 0 unspecified atom stereocenters. The number of hydrogen-bond acceptors (Lipinski definition) is 4. The van der Waals surface area contributed by atoms with Crippen LogP contribution in [0.4, 0.5) is 17.1 Å². The van der Waals surface area contributed by atoms with Gasteiger partial charge < -0.3 is 19.9 Å². The first kappa shape index (κ1) is 18.2. The smallest absolute Gasteiger partial charge is 0.242 e. The second kappa shape index (κ2) is 7.19. The number of carbonyl (C=O) groups excluding carboxylic acids is 2. The molecule has 1 N–H and O–H groups in total. The van der Waals surface area contributed by atoms with E-state index in [0.29, 0.717) is 32.6 Å². The van der Waals surface area contributed by atoms with E-state index in [4.69, 9.17) is 4.74 Å². The van der Waals surface area contributed by atoms with Crippen molar-refractivity contribution in [2.45, 2.75) is 19.3 Å². The fraction of sp³-hybridized carbons (Fsp3) is 0.391. The maximum Gasteiger partial charge on any atom is 0.242 e. The van der Waals surface area contributed by atoms with E-state index in [-0.39, 0.29) is 11.8 Å². The predicted octanol–water partition coefficient (Wildman–Crippen LogP) is 2.83. The van der Waals surface area contributed by atoms with Gasteiger partial charge in [-0.1, -0.05) is 30.3 Å². The van der Waals surface area contributed by atoms with Crippen molar-refractivity contribution in [3.05, 3.63) is 54.1 Å². The zero-order valence-electron chi connectivity index (χ0n) is 16.4. The number of morpholine rings is 1. The van der Waals surface area contributed by atoms with E-state index in [9.17, 15) is 9.59 Å². The average Bonchev–Trinajstić information content (AvgIpc) is 3.48. The summed E-state index contributed by atoms with van der Waals surface area (Å²) in [5.74, 6) is -0.253. The molecule has 2 amide bonds. The van der Waals surface area contributed by atoms with Crippen molar-refractivity contribution in [3.63, 3.8) is 0 Å². The van der Waals surface area contributed by atoms with Crippen molar-refractivity contribution < 1.29 is 14.3 Å². The number of carbonyl (C=O) groups is 2. The molecule has 6 nitrogen and oxygen atoms in total. The number of rotatable bonds is 4. The molecule has 0 aromatic heterocycles. The first-order valence-electron chi connectivity index (χ1n) is 10.3. The molecule has 0 bridgehead atoms. The lowest BCUT2D eigenvalue weighted by Gasteiger charge is -2.31. The van der Waals surface area contributed by atoms with Crippen LogP contribution in [0.2, 0.25) is 0 Å². The van der Waals surface area contributed by atoms with Crippen molar-refractivity contribution in [3.8, 4) is 0 Å². The topological polar surface area (TPSA) is 61.9 Å². The van der Waals surface area contributed by atoms with Crippen molar-refractivity contribution in [1.29, 1.82) is 0 Å². The van der Waals surface area contributed by atoms with Gasteiger partial charge in [0, 0.05) is 25.3 Å². The summed E-state index contributed by atoms with van der Waals surface area (Å²) < 4.78 is 5.44. The number of amides is 2. The fourth-order valence-corrected chi connectivity index (χ4v) is 4.37. The highest BCUT2D eigenvalue weighted by molar-refractivity contribution is 6.18. The van der Waals surface area contributed by atoms with E-state index in [1.165, 1.54) is 5.56 Å². The molecule has 0 spiro atoms. The largest absolute Gasteiger partial charge is 0.378 e. The van der Waals surface area contributed by atoms with Gasteiger partial charge in [0.25, 0.3) is 0 Å².